The average Bonchev–Trinajstić information content (AvgIpc) is 3.51. The van der Waals surface area contributed by atoms with Crippen LogP contribution in [-0.4, -0.2) is 40.2 Å². The van der Waals surface area contributed by atoms with Crippen LogP contribution in [0.2, 0.25) is 0 Å². The van der Waals surface area contributed by atoms with E-state index in [-0.39, 0.29) is 12.7 Å². The third-order valence-electron chi connectivity index (χ3n) is 5.82. The largest absolute Gasteiger partial charge is 0.394 e. The Morgan fingerprint density at radius 3 is 2.44 bits per heavy atom. The van der Waals surface area contributed by atoms with Gasteiger partial charge in [-0.2, -0.15) is 0 Å². The van der Waals surface area contributed by atoms with Gasteiger partial charge in [0, 0.05) is 6.42 Å². The molecule has 2 aliphatic rings. The van der Waals surface area contributed by atoms with Gasteiger partial charge in [0.25, 0.3) is 0 Å². The molecule has 4 atom stereocenters. The Bertz CT molecular complexity index is 781. The minimum Gasteiger partial charge on any atom is -0.394 e. The molecule has 3 N–H and O–H groups in total. The molecule has 0 bridgehead atoms. The van der Waals surface area contributed by atoms with Crippen LogP contribution < -0.4 is 0 Å². The molecule has 4 heteroatoms. The number of aliphatic hydroxyl groups excluding tert-OH is 3. The van der Waals surface area contributed by atoms with Crippen LogP contribution >= 0.6 is 0 Å². The monoisotopic (exact) mass is 368 g/mol. The van der Waals surface area contributed by atoms with E-state index in [2.05, 4.69) is 49.4 Å². The van der Waals surface area contributed by atoms with Crippen LogP contribution in [0.1, 0.15) is 59.1 Å². The minimum absolute atomic E-state index is 0.300. The first kappa shape index (κ1) is 18.6. The topological polar surface area (TPSA) is 69.9 Å². The molecule has 1 aliphatic heterocycles. The second kappa shape index (κ2) is 7.72. The van der Waals surface area contributed by atoms with Crippen LogP contribution in [0, 0.1) is 6.92 Å². The number of ether oxygens (including phenoxy) is 1. The molecule has 1 saturated carbocycles. The summed E-state index contributed by atoms with van der Waals surface area (Å²) in [6.07, 6.45) is 0.725. The Hall–Kier alpha value is -1.72. The lowest BCUT2D eigenvalue weighted by Gasteiger charge is -2.36. The zero-order valence-corrected chi connectivity index (χ0v) is 15.7. The third kappa shape index (κ3) is 4.09. The number of hydrogen-bond acceptors (Lipinski definition) is 4. The molecule has 1 saturated heterocycles. The third-order valence-corrected chi connectivity index (χ3v) is 5.82. The zero-order valence-electron chi connectivity index (χ0n) is 15.7. The van der Waals surface area contributed by atoms with E-state index >= 15 is 0 Å². The molecule has 2 fully saturated rings. The van der Waals surface area contributed by atoms with Crippen LogP contribution in [-0.2, 0) is 11.2 Å². The highest BCUT2D eigenvalue weighted by Gasteiger charge is 2.37. The summed E-state index contributed by atoms with van der Waals surface area (Å²) in [5.41, 5.74) is 6.27. The maximum absolute atomic E-state index is 10.2. The summed E-state index contributed by atoms with van der Waals surface area (Å²) in [5, 5.41) is 29.6. The molecular weight excluding hydrogens is 340 g/mol. The van der Waals surface area contributed by atoms with Gasteiger partial charge in [0.05, 0.1) is 18.8 Å². The van der Waals surface area contributed by atoms with E-state index in [0.717, 1.165) is 12.0 Å². The molecule has 2 aromatic rings. The molecule has 144 valence electrons. The van der Waals surface area contributed by atoms with Crippen molar-refractivity contribution in [3.8, 4) is 0 Å². The smallest absolute Gasteiger partial charge is 0.110 e. The molecule has 0 aromatic heterocycles. The molecule has 1 aliphatic carbocycles. The van der Waals surface area contributed by atoms with Crippen molar-refractivity contribution in [1.82, 2.24) is 0 Å². The van der Waals surface area contributed by atoms with Crippen molar-refractivity contribution in [2.75, 3.05) is 6.61 Å². The van der Waals surface area contributed by atoms with Gasteiger partial charge in [-0.3, -0.25) is 0 Å². The van der Waals surface area contributed by atoms with E-state index in [0.29, 0.717) is 12.3 Å². The molecule has 0 unspecified atom stereocenters. The number of hydrogen-bond donors (Lipinski definition) is 3. The Morgan fingerprint density at radius 2 is 1.78 bits per heavy atom. The summed E-state index contributed by atoms with van der Waals surface area (Å²) in [7, 11) is 0. The van der Waals surface area contributed by atoms with Crippen molar-refractivity contribution < 1.29 is 20.1 Å². The Morgan fingerprint density at radius 1 is 1.04 bits per heavy atom. The molecule has 4 rings (SSSR count). The van der Waals surface area contributed by atoms with Gasteiger partial charge in [-0.1, -0.05) is 48.0 Å². The van der Waals surface area contributed by atoms with Gasteiger partial charge >= 0.3 is 0 Å². The van der Waals surface area contributed by atoms with Crippen LogP contribution in [0.25, 0.3) is 0 Å². The predicted molar refractivity (Wildman–Crippen MR) is 104 cm³/mol. The first-order valence-corrected chi connectivity index (χ1v) is 9.86. The normalized spacial score (nSPS) is 28.3. The Kier molecular flexibility index (Phi) is 5.33. The Labute approximate surface area is 160 Å². The Balaban J connectivity index is 1.61. The van der Waals surface area contributed by atoms with Gasteiger partial charge in [-0.25, -0.2) is 0 Å². The molecule has 0 spiro atoms. The van der Waals surface area contributed by atoms with Crippen molar-refractivity contribution in [3.63, 3.8) is 0 Å². The highest BCUT2D eigenvalue weighted by atomic mass is 16.5. The lowest BCUT2D eigenvalue weighted by atomic mass is 9.89. The highest BCUT2D eigenvalue weighted by molar-refractivity contribution is 5.41. The number of benzene rings is 2. The van der Waals surface area contributed by atoms with Crippen molar-refractivity contribution in [2.45, 2.75) is 62.9 Å². The van der Waals surface area contributed by atoms with Crippen molar-refractivity contribution in [3.05, 3.63) is 70.3 Å². The quantitative estimate of drug-likeness (QED) is 0.759. The van der Waals surface area contributed by atoms with Gasteiger partial charge in [0.15, 0.2) is 0 Å². The molecule has 4 nitrogen and oxygen atoms in total. The fourth-order valence-corrected chi connectivity index (χ4v) is 4.02. The highest BCUT2D eigenvalue weighted by Crippen LogP contribution is 2.43. The average molecular weight is 368 g/mol. The zero-order chi connectivity index (χ0) is 19.0. The molecule has 0 radical (unpaired) electrons. The summed E-state index contributed by atoms with van der Waals surface area (Å²) in [6.45, 7) is 1.79. The molecular formula is C23H28O4. The standard InChI is InChI=1S/C23H28O4/c1-14-2-4-15(5-3-14)10-18-11-17(8-9-19(18)16-6-7-16)21-12-20(25)23(26)22(13-24)27-21/h2-5,8-9,11,16,20-26H,6-7,10,12-13H2,1H3/t20-,21-,22-,23+/m1/s1. The van der Waals surface area contributed by atoms with Gasteiger partial charge < -0.3 is 20.1 Å². The number of aliphatic hydroxyl groups is 3. The number of rotatable bonds is 5. The second-order valence-corrected chi connectivity index (χ2v) is 8.03. The fraction of sp³-hybridized carbons (Fsp3) is 0.478. The maximum Gasteiger partial charge on any atom is 0.110 e. The predicted octanol–water partition coefficient (Wildman–Crippen LogP) is 3.01. The molecule has 2 aromatic carbocycles. The van der Waals surface area contributed by atoms with E-state index in [1.807, 2.05) is 0 Å². The van der Waals surface area contributed by atoms with Crippen LogP contribution in [0.5, 0.6) is 0 Å². The van der Waals surface area contributed by atoms with Crippen LogP contribution in [0.15, 0.2) is 42.5 Å². The van der Waals surface area contributed by atoms with Gasteiger partial charge in [0.2, 0.25) is 0 Å². The molecule has 1 heterocycles. The first-order chi connectivity index (χ1) is 13.0. The summed E-state index contributed by atoms with van der Waals surface area (Å²) in [6, 6.07) is 15.1. The van der Waals surface area contributed by atoms with Crippen LogP contribution in [0.4, 0.5) is 0 Å². The van der Waals surface area contributed by atoms with Crippen molar-refractivity contribution >= 4 is 0 Å². The van der Waals surface area contributed by atoms with E-state index in [4.69, 9.17) is 4.74 Å². The van der Waals surface area contributed by atoms with E-state index in [9.17, 15) is 15.3 Å². The van der Waals surface area contributed by atoms with E-state index in [1.165, 1.54) is 35.1 Å². The van der Waals surface area contributed by atoms with E-state index in [1.54, 1.807) is 0 Å². The summed E-state index contributed by atoms with van der Waals surface area (Å²) in [5.74, 6) is 0.657. The second-order valence-electron chi connectivity index (χ2n) is 8.03. The van der Waals surface area contributed by atoms with Gasteiger partial charge in [-0.15, -0.1) is 0 Å². The minimum atomic E-state index is -1.04. The maximum atomic E-state index is 10.2. The summed E-state index contributed by atoms with van der Waals surface area (Å²) in [4.78, 5) is 0. The first-order valence-electron chi connectivity index (χ1n) is 9.86. The van der Waals surface area contributed by atoms with Gasteiger partial charge in [-0.05, 0) is 54.4 Å². The number of aryl methyl sites for hydroxylation is 1. The molecule has 0 amide bonds. The van der Waals surface area contributed by atoms with E-state index < -0.39 is 18.3 Å². The van der Waals surface area contributed by atoms with Crippen LogP contribution in [0.3, 0.4) is 0 Å². The lowest BCUT2D eigenvalue weighted by Crippen LogP contribution is -2.47. The summed E-state index contributed by atoms with van der Waals surface area (Å²) >= 11 is 0. The van der Waals surface area contributed by atoms with Gasteiger partial charge in [0.1, 0.15) is 12.2 Å². The SMILES string of the molecule is Cc1ccc(Cc2cc([C@H]3C[C@@H](O)[C@H](O)[C@@H](CO)O3)ccc2C2CC2)cc1. The summed E-state index contributed by atoms with van der Waals surface area (Å²) < 4.78 is 5.88. The van der Waals surface area contributed by atoms with Crippen molar-refractivity contribution in [2.24, 2.45) is 0 Å². The molecule has 27 heavy (non-hydrogen) atoms. The van der Waals surface area contributed by atoms with Crippen molar-refractivity contribution in [1.29, 1.82) is 0 Å². The fourth-order valence-electron chi connectivity index (χ4n) is 4.02. The lowest BCUT2D eigenvalue weighted by molar-refractivity contribution is -0.181.